The molecule has 12 nitrogen and oxygen atoms in total. The maximum atomic E-state index is 13.2. The lowest BCUT2D eigenvalue weighted by atomic mass is 10.0. The highest BCUT2D eigenvalue weighted by Crippen LogP contribution is 2.37. The SMILES string of the molecule is CC(C)(C)OC(=O)O[C@H]1CN[C@H](Cc2ccc(-c3cnc(N4CC(F)(F)C4)s3)cc2)[C@@H]1OC(=O)Oc1ccc([N+](=O)[O-])cc1. The van der Waals surface area contributed by atoms with Crippen LogP contribution in [0.3, 0.4) is 0 Å². The summed E-state index contributed by atoms with van der Waals surface area (Å²) in [6, 6.07) is 12.0. The van der Waals surface area contributed by atoms with E-state index >= 15 is 0 Å². The number of aromatic nitrogens is 1. The maximum absolute atomic E-state index is 13.2. The molecule has 0 bridgehead atoms. The van der Waals surface area contributed by atoms with Crippen molar-refractivity contribution in [2.45, 2.75) is 57.0 Å². The molecule has 5 rings (SSSR count). The zero-order valence-electron chi connectivity index (χ0n) is 24.0. The van der Waals surface area contributed by atoms with Crippen LogP contribution in [0.15, 0.2) is 54.7 Å². The van der Waals surface area contributed by atoms with Crippen molar-refractivity contribution in [3.8, 4) is 16.2 Å². The highest BCUT2D eigenvalue weighted by Gasteiger charge is 2.45. The highest BCUT2D eigenvalue weighted by molar-refractivity contribution is 7.18. The molecule has 0 aliphatic carbocycles. The predicted molar refractivity (Wildman–Crippen MR) is 155 cm³/mol. The average Bonchev–Trinajstić information content (AvgIpc) is 3.55. The minimum atomic E-state index is -2.68. The number of carbonyl (C=O) groups excluding carboxylic acids is 2. The lowest BCUT2D eigenvalue weighted by molar-refractivity contribution is -0.384. The largest absolute Gasteiger partial charge is 0.514 e. The van der Waals surface area contributed by atoms with E-state index < -0.39 is 47.0 Å². The molecule has 3 aromatic rings. The van der Waals surface area contributed by atoms with Gasteiger partial charge in [0, 0.05) is 24.9 Å². The van der Waals surface area contributed by atoms with Gasteiger partial charge in [-0.1, -0.05) is 35.6 Å². The number of nitrogens with one attached hydrogen (secondary N) is 1. The Hall–Kier alpha value is -4.37. The standard InChI is InChI=1S/C29H30F2N4O8S/c1-28(2,3)43-27(37)41-22-13-32-21(24(22)42-26(36)40-20-10-8-19(9-11-20)35(38)39)12-17-4-6-18(7-5-17)23-14-33-25(44-23)34-15-29(30,31)16-34/h4-11,14,21-22,24,32H,12-13,15-16H2,1-3H3/t21-,22+,24+/m1/s1. The molecular formula is C29H30F2N4O8S. The Morgan fingerprint density at radius 3 is 2.39 bits per heavy atom. The zero-order valence-corrected chi connectivity index (χ0v) is 24.8. The number of anilines is 1. The van der Waals surface area contributed by atoms with Gasteiger partial charge in [-0.2, -0.15) is 0 Å². The summed E-state index contributed by atoms with van der Waals surface area (Å²) in [5, 5.41) is 14.7. The summed E-state index contributed by atoms with van der Waals surface area (Å²) in [6.07, 6.45) is -1.79. The minimum absolute atomic E-state index is 0.0392. The molecule has 0 saturated carbocycles. The Labute approximate surface area is 255 Å². The maximum Gasteiger partial charge on any atom is 0.514 e. The van der Waals surface area contributed by atoms with Crippen LogP contribution < -0.4 is 15.0 Å². The summed E-state index contributed by atoms with van der Waals surface area (Å²) in [7, 11) is 0. The lowest BCUT2D eigenvalue weighted by Gasteiger charge is -2.38. The fourth-order valence-electron chi connectivity index (χ4n) is 4.73. The fourth-order valence-corrected chi connectivity index (χ4v) is 5.65. The number of nitro benzene ring substituents is 1. The lowest BCUT2D eigenvalue weighted by Crippen LogP contribution is -2.56. The molecule has 234 valence electrons. The normalized spacial score (nSPS) is 20.8. The second kappa shape index (κ2) is 12.3. The Morgan fingerprint density at radius 1 is 1.09 bits per heavy atom. The number of non-ortho nitro benzene ring substituents is 1. The number of benzene rings is 2. The Balaban J connectivity index is 1.25. The number of halogens is 2. The van der Waals surface area contributed by atoms with Crippen LogP contribution in [-0.2, 0) is 20.6 Å². The number of nitrogens with zero attached hydrogens (tertiary/aromatic N) is 3. The van der Waals surface area contributed by atoms with E-state index in [0.717, 1.165) is 16.0 Å². The first-order chi connectivity index (χ1) is 20.7. The van der Waals surface area contributed by atoms with Crippen molar-refractivity contribution < 1.29 is 42.2 Å². The monoisotopic (exact) mass is 632 g/mol. The number of hydrogen-bond acceptors (Lipinski definition) is 12. The molecule has 15 heteroatoms. The predicted octanol–water partition coefficient (Wildman–Crippen LogP) is 5.59. The molecule has 0 spiro atoms. The van der Waals surface area contributed by atoms with Crippen LogP contribution >= 0.6 is 11.3 Å². The molecule has 0 radical (unpaired) electrons. The molecular weight excluding hydrogens is 602 g/mol. The Morgan fingerprint density at radius 2 is 1.77 bits per heavy atom. The molecule has 1 aromatic heterocycles. The zero-order chi connectivity index (χ0) is 31.6. The number of rotatable bonds is 8. The molecule has 2 aromatic carbocycles. The van der Waals surface area contributed by atoms with E-state index in [1.54, 1.807) is 27.0 Å². The van der Waals surface area contributed by atoms with Crippen molar-refractivity contribution in [2.24, 2.45) is 0 Å². The van der Waals surface area contributed by atoms with Crippen LogP contribution in [-0.4, -0.2) is 71.6 Å². The highest BCUT2D eigenvalue weighted by atomic mass is 32.1. The van der Waals surface area contributed by atoms with Crippen molar-refractivity contribution in [1.29, 1.82) is 0 Å². The van der Waals surface area contributed by atoms with Gasteiger partial charge in [-0.3, -0.25) is 10.1 Å². The van der Waals surface area contributed by atoms with Gasteiger partial charge in [0.25, 0.3) is 11.6 Å². The van der Waals surface area contributed by atoms with Gasteiger partial charge in [0.05, 0.1) is 28.9 Å². The molecule has 2 aliphatic rings. The second-order valence-corrected chi connectivity index (χ2v) is 12.5. The summed E-state index contributed by atoms with van der Waals surface area (Å²) >= 11 is 1.33. The van der Waals surface area contributed by atoms with Crippen molar-refractivity contribution in [2.75, 3.05) is 24.5 Å². The molecule has 2 saturated heterocycles. The molecule has 2 aliphatic heterocycles. The van der Waals surface area contributed by atoms with Gasteiger partial charge in [0.2, 0.25) is 0 Å². The quantitative estimate of drug-likeness (QED) is 0.144. The van der Waals surface area contributed by atoms with Crippen LogP contribution in [0.25, 0.3) is 10.4 Å². The van der Waals surface area contributed by atoms with Crippen LogP contribution in [0.4, 0.5) is 29.2 Å². The molecule has 0 amide bonds. The Bertz CT molecular complexity index is 1500. The van der Waals surface area contributed by atoms with E-state index in [2.05, 4.69) is 10.3 Å². The number of thiazole rings is 1. The molecule has 3 atom stereocenters. The minimum Gasteiger partial charge on any atom is -0.429 e. The molecule has 1 N–H and O–H groups in total. The third kappa shape index (κ3) is 7.77. The summed E-state index contributed by atoms with van der Waals surface area (Å²) in [4.78, 5) is 42.1. The van der Waals surface area contributed by atoms with Gasteiger partial charge in [-0.25, -0.2) is 23.4 Å². The average molecular weight is 633 g/mol. The Kier molecular flexibility index (Phi) is 8.70. The van der Waals surface area contributed by atoms with Crippen molar-refractivity contribution in [3.63, 3.8) is 0 Å². The van der Waals surface area contributed by atoms with Crippen molar-refractivity contribution in [3.05, 3.63) is 70.4 Å². The summed E-state index contributed by atoms with van der Waals surface area (Å²) in [5.41, 5.74) is 0.789. The van der Waals surface area contributed by atoms with Gasteiger partial charge in [0.1, 0.15) is 11.4 Å². The summed E-state index contributed by atoms with van der Waals surface area (Å²) in [5.74, 6) is -2.64. The van der Waals surface area contributed by atoms with Gasteiger partial charge < -0.3 is 29.2 Å². The summed E-state index contributed by atoms with van der Waals surface area (Å²) in [6.45, 7) is 4.59. The van der Waals surface area contributed by atoms with Crippen LogP contribution in [0.5, 0.6) is 5.75 Å². The smallest absolute Gasteiger partial charge is 0.429 e. The fraction of sp³-hybridized carbons (Fsp3) is 0.414. The molecule has 2 fully saturated rings. The van der Waals surface area contributed by atoms with Gasteiger partial charge in [-0.15, -0.1) is 0 Å². The number of nitro groups is 1. The summed E-state index contributed by atoms with van der Waals surface area (Å²) < 4.78 is 48.1. The van der Waals surface area contributed by atoms with E-state index in [4.69, 9.17) is 18.9 Å². The van der Waals surface area contributed by atoms with E-state index in [1.165, 1.54) is 40.5 Å². The first-order valence-electron chi connectivity index (χ1n) is 13.7. The van der Waals surface area contributed by atoms with E-state index in [-0.39, 0.29) is 31.1 Å². The third-order valence-electron chi connectivity index (χ3n) is 6.76. The van der Waals surface area contributed by atoms with Crippen LogP contribution in [0.1, 0.15) is 26.3 Å². The number of hydrogen-bond donors (Lipinski definition) is 1. The number of ether oxygens (including phenoxy) is 4. The first-order valence-corrected chi connectivity index (χ1v) is 14.5. The second-order valence-electron chi connectivity index (χ2n) is 11.4. The van der Waals surface area contributed by atoms with Gasteiger partial charge >= 0.3 is 12.3 Å². The van der Waals surface area contributed by atoms with E-state index in [0.29, 0.717) is 11.6 Å². The van der Waals surface area contributed by atoms with E-state index in [9.17, 15) is 28.5 Å². The van der Waals surface area contributed by atoms with Crippen molar-refractivity contribution in [1.82, 2.24) is 10.3 Å². The number of alkyl halides is 2. The third-order valence-corrected chi connectivity index (χ3v) is 7.87. The van der Waals surface area contributed by atoms with Gasteiger partial charge in [-0.05, 0) is 50.5 Å². The molecule has 3 heterocycles. The van der Waals surface area contributed by atoms with Crippen LogP contribution in [0, 0.1) is 10.1 Å². The van der Waals surface area contributed by atoms with E-state index in [1.807, 2.05) is 24.3 Å². The first kappa shape index (κ1) is 31.1. The topological polar surface area (TPSA) is 142 Å². The molecule has 0 unspecified atom stereocenters. The number of carbonyl (C=O) groups is 2. The van der Waals surface area contributed by atoms with Crippen LogP contribution in [0.2, 0.25) is 0 Å². The molecule has 44 heavy (non-hydrogen) atoms. The van der Waals surface area contributed by atoms with Gasteiger partial charge in [0.15, 0.2) is 17.3 Å². The van der Waals surface area contributed by atoms with Crippen molar-refractivity contribution >= 4 is 34.5 Å².